The molecule has 0 aromatic heterocycles. The van der Waals surface area contributed by atoms with Crippen LogP contribution in [-0.4, -0.2) is 19.5 Å². The lowest BCUT2D eigenvalue weighted by atomic mass is 10.0. The van der Waals surface area contributed by atoms with Crippen molar-refractivity contribution in [1.82, 2.24) is 0 Å². The number of hydrogen-bond acceptors (Lipinski definition) is 2. The molecule has 1 fully saturated rings. The lowest BCUT2D eigenvalue weighted by Crippen LogP contribution is -2.24. The molecule has 2 aliphatic rings. The molecule has 1 aliphatic carbocycles. The van der Waals surface area contributed by atoms with Gasteiger partial charge in [0.25, 0.3) is 0 Å². The summed E-state index contributed by atoms with van der Waals surface area (Å²) < 4.78 is 11.2. The van der Waals surface area contributed by atoms with Crippen molar-refractivity contribution in [3.63, 3.8) is 0 Å². The summed E-state index contributed by atoms with van der Waals surface area (Å²) in [6.07, 6.45) is 13.4. The summed E-state index contributed by atoms with van der Waals surface area (Å²) in [7, 11) is 0. The van der Waals surface area contributed by atoms with Crippen LogP contribution >= 0.6 is 0 Å². The van der Waals surface area contributed by atoms with Crippen LogP contribution in [0, 0.1) is 5.92 Å². The normalized spacial score (nSPS) is 28.1. The summed E-state index contributed by atoms with van der Waals surface area (Å²) in [5.74, 6) is 0.453. The highest BCUT2D eigenvalue weighted by molar-refractivity contribution is 5.08. The number of hydrogen-bond donors (Lipinski definition) is 0. The number of ether oxygens (including phenoxy) is 2. The van der Waals surface area contributed by atoms with Gasteiger partial charge in [-0.2, -0.15) is 0 Å². The van der Waals surface area contributed by atoms with Crippen LogP contribution in [0.5, 0.6) is 0 Å². The zero-order valence-corrected chi connectivity index (χ0v) is 8.52. The minimum Gasteiger partial charge on any atom is -0.353 e. The van der Waals surface area contributed by atoms with Crippen molar-refractivity contribution < 1.29 is 9.47 Å². The van der Waals surface area contributed by atoms with E-state index in [0.717, 1.165) is 26.1 Å². The molecule has 14 heavy (non-hydrogen) atoms. The zero-order valence-electron chi connectivity index (χ0n) is 8.52. The predicted octanol–water partition coefficient (Wildman–Crippen LogP) is 2.66. The first-order valence-corrected chi connectivity index (χ1v) is 5.52. The van der Waals surface area contributed by atoms with E-state index in [-0.39, 0.29) is 6.29 Å². The van der Waals surface area contributed by atoms with E-state index in [9.17, 15) is 0 Å². The Hall–Kier alpha value is -0.600. The summed E-state index contributed by atoms with van der Waals surface area (Å²) in [6, 6.07) is 0. The summed E-state index contributed by atoms with van der Waals surface area (Å²) in [4.78, 5) is 0. The third kappa shape index (κ3) is 2.96. The average Bonchev–Trinajstić information content (AvgIpc) is 2.29. The molecule has 0 aromatic carbocycles. The van der Waals surface area contributed by atoms with E-state index < -0.39 is 0 Å². The second-order valence-corrected chi connectivity index (χ2v) is 3.89. The van der Waals surface area contributed by atoms with Gasteiger partial charge in [-0.15, -0.1) is 0 Å². The summed E-state index contributed by atoms with van der Waals surface area (Å²) >= 11 is 0. The van der Waals surface area contributed by atoms with Crippen molar-refractivity contribution in [3.8, 4) is 0 Å². The minimum atomic E-state index is 0.0486. The Morgan fingerprint density at radius 3 is 2.79 bits per heavy atom. The molecule has 0 saturated carbocycles. The molecule has 0 radical (unpaired) electrons. The molecule has 0 amide bonds. The van der Waals surface area contributed by atoms with Crippen LogP contribution in [0.2, 0.25) is 0 Å². The Labute approximate surface area is 85.6 Å². The van der Waals surface area contributed by atoms with Gasteiger partial charge >= 0.3 is 0 Å². The fourth-order valence-corrected chi connectivity index (χ4v) is 1.82. The Morgan fingerprint density at radius 2 is 2.07 bits per heavy atom. The third-order valence-electron chi connectivity index (χ3n) is 2.65. The topological polar surface area (TPSA) is 18.5 Å². The Morgan fingerprint density at radius 1 is 1.21 bits per heavy atom. The maximum atomic E-state index is 5.70. The van der Waals surface area contributed by atoms with Crippen molar-refractivity contribution in [2.75, 3.05) is 13.2 Å². The van der Waals surface area contributed by atoms with Crippen molar-refractivity contribution in [3.05, 3.63) is 24.3 Å². The van der Waals surface area contributed by atoms with Crippen molar-refractivity contribution in [1.29, 1.82) is 0 Å². The van der Waals surface area contributed by atoms with Crippen molar-refractivity contribution in [2.24, 2.45) is 5.92 Å². The fraction of sp³-hybridized carbons (Fsp3) is 0.667. The van der Waals surface area contributed by atoms with Gasteiger partial charge in [0.2, 0.25) is 0 Å². The molecule has 0 spiro atoms. The molecule has 2 rings (SSSR count). The quantitative estimate of drug-likeness (QED) is 0.643. The Balaban J connectivity index is 1.67. The molecule has 2 nitrogen and oxygen atoms in total. The van der Waals surface area contributed by atoms with Crippen LogP contribution < -0.4 is 0 Å². The summed E-state index contributed by atoms with van der Waals surface area (Å²) in [5, 5.41) is 0. The van der Waals surface area contributed by atoms with E-state index in [1.54, 1.807) is 0 Å². The monoisotopic (exact) mass is 194 g/mol. The highest BCUT2D eigenvalue weighted by Gasteiger charge is 2.15. The van der Waals surface area contributed by atoms with Gasteiger partial charge in [-0.25, -0.2) is 0 Å². The molecule has 0 N–H and O–H groups in total. The van der Waals surface area contributed by atoms with Gasteiger partial charge in [-0.05, 0) is 25.7 Å². The SMILES string of the molecule is C1=CC(COC2CCCCO2)C=CC1. The zero-order chi connectivity index (χ0) is 9.64. The van der Waals surface area contributed by atoms with E-state index in [1.807, 2.05) is 0 Å². The van der Waals surface area contributed by atoms with Crippen molar-refractivity contribution in [2.45, 2.75) is 32.0 Å². The number of allylic oxidation sites excluding steroid dienone is 2. The van der Waals surface area contributed by atoms with Gasteiger partial charge in [0.05, 0.1) is 6.61 Å². The van der Waals surface area contributed by atoms with E-state index in [1.165, 1.54) is 12.8 Å². The summed E-state index contributed by atoms with van der Waals surface area (Å²) in [6.45, 7) is 1.62. The van der Waals surface area contributed by atoms with Gasteiger partial charge in [0.15, 0.2) is 6.29 Å². The van der Waals surface area contributed by atoms with Gasteiger partial charge < -0.3 is 9.47 Å². The summed E-state index contributed by atoms with van der Waals surface area (Å²) in [5.41, 5.74) is 0. The van der Waals surface area contributed by atoms with Gasteiger partial charge in [0.1, 0.15) is 0 Å². The highest BCUT2D eigenvalue weighted by Crippen LogP contribution is 2.16. The van der Waals surface area contributed by atoms with Gasteiger partial charge in [0, 0.05) is 12.5 Å². The maximum absolute atomic E-state index is 5.70. The standard InChI is InChI=1S/C12H18O2/c1-2-6-11(7-3-1)10-14-12-8-4-5-9-13-12/h2-3,6-7,11-12H,1,4-5,8-10H2. The lowest BCUT2D eigenvalue weighted by molar-refractivity contribution is -0.164. The third-order valence-corrected chi connectivity index (χ3v) is 2.65. The van der Waals surface area contributed by atoms with Crippen LogP contribution in [0.1, 0.15) is 25.7 Å². The van der Waals surface area contributed by atoms with Crippen LogP contribution in [0.15, 0.2) is 24.3 Å². The molecule has 1 atom stereocenters. The van der Waals surface area contributed by atoms with Crippen LogP contribution in [0.3, 0.4) is 0 Å². The molecule has 1 unspecified atom stereocenters. The van der Waals surface area contributed by atoms with E-state index >= 15 is 0 Å². The molecule has 2 heteroatoms. The molecule has 1 heterocycles. The maximum Gasteiger partial charge on any atom is 0.157 e. The van der Waals surface area contributed by atoms with Crippen LogP contribution in [-0.2, 0) is 9.47 Å². The molecule has 1 saturated heterocycles. The van der Waals surface area contributed by atoms with Crippen molar-refractivity contribution >= 4 is 0 Å². The Kier molecular flexibility index (Phi) is 3.78. The van der Waals surface area contributed by atoms with E-state index in [4.69, 9.17) is 9.47 Å². The van der Waals surface area contributed by atoms with E-state index in [2.05, 4.69) is 24.3 Å². The molecule has 0 aromatic rings. The smallest absolute Gasteiger partial charge is 0.157 e. The van der Waals surface area contributed by atoms with Gasteiger partial charge in [-0.1, -0.05) is 24.3 Å². The molecule has 0 bridgehead atoms. The molecule has 78 valence electrons. The van der Waals surface area contributed by atoms with Gasteiger partial charge in [-0.3, -0.25) is 0 Å². The molecular formula is C12H18O2. The first kappa shape index (κ1) is 9.94. The number of rotatable bonds is 3. The predicted molar refractivity (Wildman–Crippen MR) is 55.9 cm³/mol. The van der Waals surface area contributed by atoms with Crippen LogP contribution in [0.4, 0.5) is 0 Å². The molecular weight excluding hydrogens is 176 g/mol. The molecule has 1 aliphatic heterocycles. The first-order valence-electron chi connectivity index (χ1n) is 5.52. The lowest BCUT2D eigenvalue weighted by Gasteiger charge is -2.24. The first-order chi connectivity index (χ1) is 6.95. The minimum absolute atomic E-state index is 0.0486. The van der Waals surface area contributed by atoms with E-state index in [0.29, 0.717) is 5.92 Å². The average molecular weight is 194 g/mol. The fourth-order valence-electron chi connectivity index (χ4n) is 1.82. The second kappa shape index (κ2) is 5.32. The second-order valence-electron chi connectivity index (χ2n) is 3.89. The van der Waals surface area contributed by atoms with Crippen LogP contribution in [0.25, 0.3) is 0 Å². The highest BCUT2D eigenvalue weighted by atomic mass is 16.7. The largest absolute Gasteiger partial charge is 0.353 e. The Bertz CT molecular complexity index is 202.